The molecule has 19 heavy (non-hydrogen) atoms. The third-order valence-corrected chi connectivity index (χ3v) is 3.35. The number of benzene rings is 1. The zero-order chi connectivity index (χ0) is 14.3. The molecule has 0 fully saturated rings. The maximum atomic E-state index is 11.9. The smallest absolute Gasteiger partial charge is 0.251 e. The lowest BCUT2D eigenvalue weighted by Crippen LogP contribution is -2.25. The number of ether oxygens (including phenoxy) is 1. The van der Waals surface area contributed by atoms with Gasteiger partial charge in [0.1, 0.15) is 5.75 Å². The van der Waals surface area contributed by atoms with Gasteiger partial charge in [0.15, 0.2) is 0 Å². The maximum Gasteiger partial charge on any atom is 0.251 e. The molecule has 1 N–H and O–H groups in total. The van der Waals surface area contributed by atoms with Gasteiger partial charge in [-0.1, -0.05) is 0 Å². The summed E-state index contributed by atoms with van der Waals surface area (Å²) < 4.78 is 5.92. The van der Waals surface area contributed by atoms with Crippen LogP contribution in [0.2, 0.25) is 0 Å². The van der Waals surface area contributed by atoms with Gasteiger partial charge in [-0.25, -0.2) is 0 Å². The Labute approximate surface area is 123 Å². The number of hydrogen-bond donors (Lipinski definition) is 1. The van der Waals surface area contributed by atoms with Crippen LogP contribution in [0.1, 0.15) is 23.2 Å². The monoisotopic (exact) mass is 328 g/mol. The molecule has 106 valence electrons. The van der Waals surface area contributed by atoms with Crippen LogP contribution in [-0.4, -0.2) is 45.1 Å². The molecule has 0 aliphatic rings. The second kappa shape index (κ2) is 8.17. The Morgan fingerprint density at radius 2 is 2.11 bits per heavy atom. The molecular weight excluding hydrogens is 308 g/mol. The van der Waals surface area contributed by atoms with E-state index in [1.165, 1.54) is 0 Å². The predicted octanol–water partition coefficient (Wildman–Crippen LogP) is 2.53. The van der Waals surface area contributed by atoms with Crippen LogP contribution in [-0.2, 0) is 0 Å². The molecule has 0 aromatic heterocycles. The fourth-order valence-electron chi connectivity index (χ4n) is 1.66. The fourth-order valence-corrected chi connectivity index (χ4v) is 2.21. The van der Waals surface area contributed by atoms with Gasteiger partial charge in [-0.15, -0.1) is 0 Å². The fraction of sp³-hybridized carbons (Fsp3) is 0.500. The maximum absolute atomic E-state index is 11.9. The van der Waals surface area contributed by atoms with E-state index < -0.39 is 0 Å². The summed E-state index contributed by atoms with van der Waals surface area (Å²) >= 11 is 3.37. The number of nitrogens with one attached hydrogen (secondary N) is 1. The Morgan fingerprint density at radius 3 is 2.68 bits per heavy atom. The van der Waals surface area contributed by atoms with E-state index in [2.05, 4.69) is 26.1 Å². The number of hydrogen-bond acceptors (Lipinski definition) is 3. The summed E-state index contributed by atoms with van der Waals surface area (Å²) in [4.78, 5) is 14.1. The Morgan fingerprint density at radius 1 is 1.37 bits per heavy atom. The number of methoxy groups -OCH3 is 1. The van der Waals surface area contributed by atoms with Crippen molar-refractivity contribution in [1.82, 2.24) is 10.2 Å². The summed E-state index contributed by atoms with van der Waals surface area (Å²) in [5.74, 6) is 0.677. The standard InChI is InChI=1S/C14H21BrN2O2/c1-17(2)9-5-4-8-16-14(18)11-6-7-13(19-3)12(15)10-11/h6-7,10H,4-5,8-9H2,1-3H3,(H,16,18). The van der Waals surface area contributed by atoms with E-state index in [0.29, 0.717) is 12.1 Å². The van der Waals surface area contributed by atoms with Crippen LogP contribution in [0.3, 0.4) is 0 Å². The molecule has 0 aliphatic heterocycles. The molecule has 0 aliphatic carbocycles. The largest absolute Gasteiger partial charge is 0.496 e. The normalized spacial score (nSPS) is 10.6. The van der Waals surface area contributed by atoms with Crippen molar-refractivity contribution in [2.45, 2.75) is 12.8 Å². The van der Waals surface area contributed by atoms with Crippen LogP contribution in [0, 0.1) is 0 Å². The highest BCUT2D eigenvalue weighted by Gasteiger charge is 2.08. The highest BCUT2D eigenvalue weighted by molar-refractivity contribution is 9.10. The lowest BCUT2D eigenvalue weighted by atomic mass is 10.2. The number of halogens is 1. The van der Waals surface area contributed by atoms with E-state index in [1.54, 1.807) is 25.3 Å². The van der Waals surface area contributed by atoms with Gasteiger partial charge in [0.05, 0.1) is 11.6 Å². The third kappa shape index (κ3) is 5.61. The first-order valence-electron chi connectivity index (χ1n) is 6.31. The van der Waals surface area contributed by atoms with Gasteiger partial charge in [-0.2, -0.15) is 0 Å². The van der Waals surface area contributed by atoms with E-state index in [9.17, 15) is 4.79 Å². The van der Waals surface area contributed by atoms with Crippen molar-refractivity contribution in [2.24, 2.45) is 0 Å². The SMILES string of the molecule is COc1ccc(C(=O)NCCCCN(C)C)cc1Br. The van der Waals surface area contributed by atoms with Gasteiger partial charge in [0.2, 0.25) is 0 Å². The first-order chi connectivity index (χ1) is 9.04. The number of nitrogens with zero attached hydrogens (tertiary/aromatic N) is 1. The Bertz CT molecular complexity index is 422. The van der Waals surface area contributed by atoms with Gasteiger partial charge in [-0.3, -0.25) is 4.79 Å². The number of unbranched alkanes of at least 4 members (excludes halogenated alkanes) is 1. The molecule has 1 rings (SSSR count). The Kier molecular flexibility index (Phi) is 6.87. The Hall–Kier alpha value is -1.07. The summed E-state index contributed by atoms with van der Waals surface area (Å²) in [6.45, 7) is 1.75. The minimum atomic E-state index is -0.0480. The van der Waals surface area contributed by atoms with Crippen molar-refractivity contribution < 1.29 is 9.53 Å². The van der Waals surface area contributed by atoms with Gasteiger partial charge >= 0.3 is 0 Å². The molecule has 4 nitrogen and oxygen atoms in total. The van der Waals surface area contributed by atoms with Crippen LogP contribution < -0.4 is 10.1 Å². The summed E-state index contributed by atoms with van der Waals surface area (Å²) in [5.41, 5.74) is 0.639. The predicted molar refractivity (Wildman–Crippen MR) is 80.8 cm³/mol. The molecule has 0 bridgehead atoms. The second-order valence-corrected chi connectivity index (χ2v) is 5.47. The number of rotatable bonds is 7. The molecular formula is C14H21BrN2O2. The molecule has 0 radical (unpaired) electrons. The van der Waals surface area contributed by atoms with E-state index in [4.69, 9.17) is 4.74 Å². The van der Waals surface area contributed by atoms with Crippen molar-refractivity contribution in [3.63, 3.8) is 0 Å². The lowest BCUT2D eigenvalue weighted by molar-refractivity contribution is 0.0952. The van der Waals surface area contributed by atoms with Crippen LogP contribution in [0.5, 0.6) is 5.75 Å². The molecule has 1 aromatic carbocycles. The van der Waals surface area contributed by atoms with Crippen molar-refractivity contribution >= 4 is 21.8 Å². The molecule has 1 amide bonds. The van der Waals surface area contributed by atoms with E-state index in [1.807, 2.05) is 14.1 Å². The average Bonchev–Trinajstić information content (AvgIpc) is 2.37. The van der Waals surface area contributed by atoms with Crippen LogP contribution >= 0.6 is 15.9 Å². The number of carbonyl (C=O) groups excluding carboxylic acids is 1. The van der Waals surface area contributed by atoms with Crippen molar-refractivity contribution in [1.29, 1.82) is 0 Å². The quantitative estimate of drug-likeness (QED) is 0.782. The van der Waals surface area contributed by atoms with Crippen molar-refractivity contribution in [3.8, 4) is 5.75 Å². The molecule has 0 spiro atoms. The third-order valence-electron chi connectivity index (χ3n) is 2.73. The molecule has 0 atom stereocenters. The van der Waals surface area contributed by atoms with Crippen molar-refractivity contribution in [2.75, 3.05) is 34.3 Å². The van der Waals surface area contributed by atoms with E-state index in [-0.39, 0.29) is 5.91 Å². The second-order valence-electron chi connectivity index (χ2n) is 4.62. The number of carbonyl (C=O) groups is 1. The lowest BCUT2D eigenvalue weighted by Gasteiger charge is -2.10. The van der Waals surface area contributed by atoms with Gasteiger partial charge in [0.25, 0.3) is 5.91 Å². The number of amides is 1. The van der Waals surface area contributed by atoms with Crippen LogP contribution in [0.15, 0.2) is 22.7 Å². The van der Waals surface area contributed by atoms with E-state index in [0.717, 1.165) is 29.6 Å². The molecule has 1 aromatic rings. The van der Waals surface area contributed by atoms with Crippen molar-refractivity contribution in [3.05, 3.63) is 28.2 Å². The zero-order valence-corrected chi connectivity index (χ0v) is 13.3. The summed E-state index contributed by atoms with van der Waals surface area (Å²) in [6.07, 6.45) is 2.07. The minimum Gasteiger partial charge on any atom is -0.496 e. The topological polar surface area (TPSA) is 41.6 Å². The van der Waals surface area contributed by atoms with Gasteiger partial charge in [-0.05, 0) is 67.6 Å². The molecule has 0 heterocycles. The van der Waals surface area contributed by atoms with Gasteiger partial charge < -0.3 is 15.0 Å². The van der Waals surface area contributed by atoms with E-state index >= 15 is 0 Å². The first kappa shape index (κ1) is 16.0. The zero-order valence-electron chi connectivity index (χ0n) is 11.7. The molecule has 0 unspecified atom stereocenters. The van der Waals surface area contributed by atoms with Gasteiger partial charge in [0, 0.05) is 12.1 Å². The highest BCUT2D eigenvalue weighted by atomic mass is 79.9. The minimum absolute atomic E-state index is 0.0480. The molecule has 0 saturated carbocycles. The Balaban J connectivity index is 2.39. The van der Waals surface area contributed by atoms with Crippen LogP contribution in [0.4, 0.5) is 0 Å². The first-order valence-corrected chi connectivity index (χ1v) is 7.10. The summed E-state index contributed by atoms with van der Waals surface area (Å²) in [5, 5.41) is 2.92. The summed E-state index contributed by atoms with van der Waals surface area (Å²) in [6, 6.07) is 5.32. The summed E-state index contributed by atoms with van der Waals surface area (Å²) in [7, 11) is 5.70. The average molecular weight is 329 g/mol. The molecule has 0 saturated heterocycles. The molecule has 5 heteroatoms. The highest BCUT2D eigenvalue weighted by Crippen LogP contribution is 2.25. The van der Waals surface area contributed by atoms with Crippen LogP contribution in [0.25, 0.3) is 0 Å².